The fourth-order valence-corrected chi connectivity index (χ4v) is 3.88. The SMILES string of the molecule is COc1cc(OC)c(NC(=O)n2ncc3cc(Nc4ncnc5ccccc45)ccc32)cc1Cl. The summed E-state index contributed by atoms with van der Waals surface area (Å²) in [4.78, 5) is 21.6. The van der Waals surface area contributed by atoms with Gasteiger partial charge in [-0.25, -0.2) is 14.8 Å². The second-order valence-corrected chi connectivity index (χ2v) is 7.72. The molecule has 0 radical (unpaired) electrons. The lowest BCUT2D eigenvalue weighted by molar-refractivity contribution is 0.251. The van der Waals surface area contributed by atoms with E-state index in [0.717, 1.165) is 22.0 Å². The summed E-state index contributed by atoms with van der Waals surface area (Å²) in [5.74, 6) is 1.55. The summed E-state index contributed by atoms with van der Waals surface area (Å²) in [6.45, 7) is 0. The number of ether oxygens (including phenoxy) is 2. The normalized spacial score (nSPS) is 10.9. The summed E-state index contributed by atoms with van der Waals surface area (Å²) in [6.07, 6.45) is 3.14. The number of methoxy groups -OCH3 is 2. The first-order valence-corrected chi connectivity index (χ1v) is 10.6. The van der Waals surface area contributed by atoms with Crippen molar-refractivity contribution in [1.82, 2.24) is 19.7 Å². The quantitative estimate of drug-likeness (QED) is 0.348. The molecule has 9 nitrogen and oxygen atoms in total. The van der Waals surface area contributed by atoms with E-state index in [2.05, 4.69) is 25.7 Å². The molecule has 0 saturated heterocycles. The van der Waals surface area contributed by atoms with Gasteiger partial charge in [0, 0.05) is 22.5 Å². The number of rotatable bonds is 5. The van der Waals surface area contributed by atoms with Gasteiger partial charge < -0.3 is 20.1 Å². The van der Waals surface area contributed by atoms with Gasteiger partial charge in [-0.1, -0.05) is 23.7 Å². The molecule has 5 aromatic rings. The fraction of sp³-hybridized carbons (Fsp3) is 0.0833. The van der Waals surface area contributed by atoms with Crippen LogP contribution in [0, 0.1) is 0 Å². The van der Waals surface area contributed by atoms with Gasteiger partial charge in [0.2, 0.25) is 0 Å². The third-order valence-electron chi connectivity index (χ3n) is 5.28. The van der Waals surface area contributed by atoms with Crippen LogP contribution in [0.3, 0.4) is 0 Å². The third-order valence-corrected chi connectivity index (χ3v) is 5.58. The minimum atomic E-state index is -0.461. The second kappa shape index (κ2) is 8.87. The molecule has 0 atom stereocenters. The highest BCUT2D eigenvalue weighted by Gasteiger charge is 2.16. The number of nitrogens with zero attached hydrogens (tertiary/aromatic N) is 4. The number of fused-ring (bicyclic) bond motifs is 2. The second-order valence-electron chi connectivity index (χ2n) is 7.31. The van der Waals surface area contributed by atoms with Crippen molar-refractivity contribution in [3.05, 3.63) is 72.1 Å². The topological polar surface area (TPSA) is 103 Å². The van der Waals surface area contributed by atoms with E-state index in [1.807, 2.05) is 42.5 Å². The molecule has 0 fully saturated rings. The molecule has 0 saturated carbocycles. The van der Waals surface area contributed by atoms with Crippen LogP contribution in [0.25, 0.3) is 21.8 Å². The van der Waals surface area contributed by atoms with Crippen molar-refractivity contribution < 1.29 is 14.3 Å². The van der Waals surface area contributed by atoms with Gasteiger partial charge in [-0.3, -0.25) is 0 Å². The van der Waals surface area contributed by atoms with Gasteiger partial charge in [-0.05, 0) is 36.4 Å². The molecule has 2 heterocycles. The first kappa shape index (κ1) is 21.5. The van der Waals surface area contributed by atoms with E-state index in [-0.39, 0.29) is 0 Å². The van der Waals surface area contributed by atoms with E-state index in [4.69, 9.17) is 21.1 Å². The largest absolute Gasteiger partial charge is 0.495 e. The lowest BCUT2D eigenvalue weighted by Gasteiger charge is -2.13. The van der Waals surface area contributed by atoms with Crippen molar-refractivity contribution in [2.45, 2.75) is 0 Å². The minimum Gasteiger partial charge on any atom is -0.495 e. The number of hydrogen-bond acceptors (Lipinski definition) is 7. The molecule has 0 aliphatic heterocycles. The summed E-state index contributed by atoms with van der Waals surface area (Å²) < 4.78 is 11.8. The molecule has 34 heavy (non-hydrogen) atoms. The Labute approximate surface area is 199 Å². The van der Waals surface area contributed by atoms with Crippen molar-refractivity contribution in [3.63, 3.8) is 0 Å². The molecule has 0 aliphatic rings. The van der Waals surface area contributed by atoms with Crippen LogP contribution in [0.1, 0.15) is 0 Å². The van der Waals surface area contributed by atoms with E-state index < -0.39 is 6.03 Å². The summed E-state index contributed by atoms with van der Waals surface area (Å²) in [5.41, 5.74) is 2.68. The van der Waals surface area contributed by atoms with Gasteiger partial charge in [0.1, 0.15) is 23.6 Å². The number of aromatic nitrogens is 4. The van der Waals surface area contributed by atoms with Crippen molar-refractivity contribution >= 4 is 56.6 Å². The number of hydrogen-bond donors (Lipinski definition) is 2. The first-order valence-electron chi connectivity index (χ1n) is 10.2. The Kier molecular flexibility index (Phi) is 5.60. The Morgan fingerprint density at radius 1 is 1.00 bits per heavy atom. The molecule has 170 valence electrons. The number of carbonyl (C=O) groups excluding carboxylic acids is 1. The van der Waals surface area contributed by atoms with Crippen molar-refractivity contribution in [1.29, 1.82) is 0 Å². The maximum Gasteiger partial charge on any atom is 0.347 e. The van der Waals surface area contributed by atoms with Crippen LogP contribution < -0.4 is 20.1 Å². The van der Waals surface area contributed by atoms with Crippen LogP contribution in [0.15, 0.2) is 67.1 Å². The number of para-hydroxylation sites is 1. The number of benzene rings is 3. The van der Waals surface area contributed by atoms with E-state index in [0.29, 0.717) is 33.5 Å². The summed E-state index contributed by atoms with van der Waals surface area (Å²) in [5, 5.41) is 12.4. The molecule has 0 unspecified atom stereocenters. The molecule has 5 rings (SSSR count). The first-order chi connectivity index (χ1) is 16.6. The van der Waals surface area contributed by atoms with Crippen molar-refractivity contribution in [2.75, 3.05) is 24.9 Å². The number of carbonyl (C=O) groups is 1. The summed E-state index contributed by atoms with van der Waals surface area (Å²) >= 11 is 6.21. The van der Waals surface area contributed by atoms with Crippen LogP contribution in [-0.2, 0) is 0 Å². The average molecular weight is 475 g/mol. The van der Waals surface area contributed by atoms with Gasteiger partial charge in [0.15, 0.2) is 0 Å². The maximum absolute atomic E-state index is 13.0. The zero-order valence-electron chi connectivity index (χ0n) is 18.2. The van der Waals surface area contributed by atoms with E-state index in [1.165, 1.54) is 25.2 Å². The predicted molar refractivity (Wildman–Crippen MR) is 132 cm³/mol. The molecule has 2 aromatic heterocycles. The summed E-state index contributed by atoms with van der Waals surface area (Å²) in [7, 11) is 3.00. The zero-order valence-corrected chi connectivity index (χ0v) is 19.0. The molecule has 1 amide bonds. The fourth-order valence-electron chi connectivity index (χ4n) is 3.64. The average Bonchev–Trinajstić information content (AvgIpc) is 3.28. The molecule has 0 bridgehead atoms. The van der Waals surface area contributed by atoms with Crippen molar-refractivity contribution in [2.24, 2.45) is 0 Å². The lowest BCUT2D eigenvalue weighted by atomic mass is 10.2. The highest BCUT2D eigenvalue weighted by Crippen LogP contribution is 2.36. The van der Waals surface area contributed by atoms with Crippen LogP contribution in [0.4, 0.5) is 22.0 Å². The van der Waals surface area contributed by atoms with E-state index >= 15 is 0 Å². The maximum atomic E-state index is 13.0. The lowest BCUT2D eigenvalue weighted by Crippen LogP contribution is -2.20. The Morgan fingerprint density at radius 3 is 2.65 bits per heavy atom. The summed E-state index contributed by atoms with van der Waals surface area (Å²) in [6, 6.07) is 16.0. The number of amides is 1. The van der Waals surface area contributed by atoms with Gasteiger partial charge in [-0.15, -0.1) is 0 Å². The molecule has 0 spiro atoms. The minimum absolute atomic E-state index is 0.344. The third kappa shape index (κ3) is 3.93. The van der Waals surface area contributed by atoms with Crippen LogP contribution in [0.2, 0.25) is 5.02 Å². The van der Waals surface area contributed by atoms with Gasteiger partial charge >= 0.3 is 6.03 Å². The van der Waals surface area contributed by atoms with Gasteiger partial charge in [0.05, 0.1) is 42.2 Å². The zero-order chi connectivity index (χ0) is 23.7. The molecule has 10 heteroatoms. The molecule has 0 aliphatic carbocycles. The molecule has 3 aromatic carbocycles. The Bertz CT molecular complexity index is 1530. The molecular formula is C24H19ClN6O3. The van der Waals surface area contributed by atoms with Crippen LogP contribution in [-0.4, -0.2) is 40.0 Å². The number of nitrogens with one attached hydrogen (secondary N) is 2. The van der Waals surface area contributed by atoms with Gasteiger partial charge in [-0.2, -0.15) is 9.78 Å². The highest BCUT2D eigenvalue weighted by molar-refractivity contribution is 6.32. The smallest absolute Gasteiger partial charge is 0.347 e. The predicted octanol–water partition coefficient (Wildman–Crippen LogP) is 5.47. The Balaban J connectivity index is 1.42. The van der Waals surface area contributed by atoms with Crippen LogP contribution >= 0.6 is 11.6 Å². The molecular weight excluding hydrogens is 456 g/mol. The number of halogens is 1. The van der Waals surface area contributed by atoms with Crippen molar-refractivity contribution in [3.8, 4) is 11.5 Å². The van der Waals surface area contributed by atoms with Gasteiger partial charge in [0.25, 0.3) is 0 Å². The highest BCUT2D eigenvalue weighted by atomic mass is 35.5. The van der Waals surface area contributed by atoms with Crippen LogP contribution in [0.5, 0.6) is 11.5 Å². The standard InChI is InChI=1S/C24H19ClN6O3/c1-33-21-11-22(34-2)19(10-17(21)25)30-24(32)31-20-8-7-15(9-14(20)12-28-31)29-23-16-5-3-4-6-18(16)26-13-27-23/h3-13H,1-2H3,(H,30,32)(H,26,27,29). The van der Waals surface area contributed by atoms with E-state index in [9.17, 15) is 4.79 Å². The molecule has 2 N–H and O–H groups in total. The Hall–Kier alpha value is -4.37. The van der Waals surface area contributed by atoms with E-state index in [1.54, 1.807) is 18.3 Å². The Morgan fingerprint density at radius 2 is 1.82 bits per heavy atom. The number of anilines is 3. The monoisotopic (exact) mass is 474 g/mol.